The van der Waals surface area contributed by atoms with Crippen LogP contribution in [-0.2, 0) is 0 Å². The summed E-state index contributed by atoms with van der Waals surface area (Å²) in [6, 6.07) is 13.9. The first-order valence-corrected chi connectivity index (χ1v) is 8.60. The highest BCUT2D eigenvalue weighted by molar-refractivity contribution is 7.14. The molecule has 1 aromatic heterocycles. The second kappa shape index (κ2) is 7.75. The Bertz CT molecular complexity index is 934. The van der Waals surface area contributed by atoms with Gasteiger partial charge in [0.15, 0.2) is 0 Å². The molecule has 0 fully saturated rings. The maximum atomic E-state index is 10.7. The number of hydrogen-bond donors (Lipinski definition) is 1. The predicted octanol–water partition coefficient (Wildman–Crippen LogP) is 4.56. The van der Waals surface area contributed by atoms with Crippen molar-refractivity contribution >= 4 is 27.9 Å². The van der Waals surface area contributed by atoms with Crippen LogP contribution in [0, 0.1) is 10.1 Å². The van der Waals surface area contributed by atoms with E-state index < -0.39 is 4.92 Å². The summed E-state index contributed by atoms with van der Waals surface area (Å²) in [5.41, 5.74) is 6.34. The van der Waals surface area contributed by atoms with E-state index in [-0.39, 0.29) is 5.69 Å². The van der Waals surface area contributed by atoms with Crippen molar-refractivity contribution in [3.63, 3.8) is 0 Å². The fourth-order valence-electron chi connectivity index (χ4n) is 2.24. The van der Waals surface area contributed by atoms with Gasteiger partial charge in [-0.3, -0.25) is 15.5 Å². The zero-order chi connectivity index (χ0) is 18.5. The van der Waals surface area contributed by atoms with Crippen molar-refractivity contribution in [2.24, 2.45) is 5.10 Å². The third kappa shape index (κ3) is 4.04. The molecule has 0 amide bonds. The van der Waals surface area contributed by atoms with Crippen molar-refractivity contribution in [3.05, 3.63) is 69.6 Å². The van der Waals surface area contributed by atoms with Gasteiger partial charge in [-0.15, -0.1) is 11.3 Å². The van der Waals surface area contributed by atoms with E-state index in [1.165, 1.54) is 23.5 Å². The van der Waals surface area contributed by atoms with Crippen LogP contribution in [-0.4, -0.2) is 22.7 Å². The second-order valence-corrected chi connectivity index (χ2v) is 6.24. The predicted molar refractivity (Wildman–Crippen MR) is 103 cm³/mol. The van der Waals surface area contributed by atoms with Gasteiger partial charge in [-0.25, -0.2) is 4.98 Å². The smallest absolute Gasteiger partial charge is 0.269 e. The van der Waals surface area contributed by atoms with Crippen molar-refractivity contribution in [3.8, 4) is 17.0 Å². The molecule has 0 spiro atoms. The highest BCUT2D eigenvalue weighted by Crippen LogP contribution is 2.26. The largest absolute Gasteiger partial charge is 0.497 e. The van der Waals surface area contributed by atoms with Crippen LogP contribution in [0.15, 0.2) is 59.0 Å². The summed E-state index contributed by atoms with van der Waals surface area (Å²) < 4.78 is 5.15. The molecule has 0 aliphatic heterocycles. The number of non-ortho nitro benzene ring substituents is 1. The van der Waals surface area contributed by atoms with Crippen LogP contribution in [0.3, 0.4) is 0 Å². The summed E-state index contributed by atoms with van der Waals surface area (Å²) in [5, 5.41) is 17.6. The molecule has 1 N–H and O–H groups in total. The first-order valence-electron chi connectivity index (χ1n) is 7.72. The standard InChI is InChI=1S/C18H16N4O3S/c1-12(13-3-7-15(8-4-13)22(23)24)20-21-18-19-17(11-26-18)14-5-9-16(25-2)10-6-14/h3-11H,1-2H3,(H,19,21)/b20-12+. The van der Waals surface area contributed by atoms with Gasteiger partial charge in [-0.2, -0.15) is 5.10 Å². The fraction of sp³-hybridized carbons (Fsp3) is 0.111. The Hall–Kier alpha value is -3.26. The van der Waals surface area contributed by atoms with E-state index in [0.29, 0.717) is 10.8 Å². The van der Waals surface area contributed by atoms with E-state index in [1.807, 2.05) is 36.6 Å². The Morgan fingerprint density at radius 1 is 1.19 bits per heavy atom. The lowest BCUT2D eigenvalue weighted by Gasteiger charge is -2.02. The Labute approximate surface area is 154 Å². The number of benzene rings is 2. The molecule has 132 valence electrons. The van der Waals surface area contributed by atoms with Crippen LogP contribution >= 0.6 is 11.3 Å². The summed E-state index contributed by atoms with van der Waals surface area (Å²) in [4.78, 5) is 14.8. The molecule has 1 heterocycles. The zero-order valence-corrected chi connectivity index (χ0v) is 15.0. The van der Waals surface area contributed by atoms with E-state index >= 15 is 0 Å². The number of aromatic nitrogens is 1. The van der Waals surface area contributed by atoms with Gasteiger partial charge >= 0.3 is 0 Å². The lowest BCUT2D eigenvalue weighted by molar-refractivity contribution is -0.384. The van der Waals surface area contributed by atoms with E-state index in [2.05, 4.69) is 15.5 Å². The van der Waals surface area contributed by atoms with Crippen LogP contribution in [0.2, 0.25) is 0 Å². The maximum Gasteiger partial charge on any atom is 0.269 e. The number of thiazole rings is 1. The Morgan fingerprint density at radius 3 is 2.50 bits per heavy atom. The normalized spacial score (nSPS) is 11.2. The van der Waals surface area contributed by atoms with Gasteiger partial charge < -0.3 is 4.74 Å². The van der Waals surface area contributed by atoms with Gasteiger partial charge in [0.25, 0.3) is 5.69 Å². The van der Waals surface area contributed by atoms with Crippen LogP contribution in [0.4, 0.5) is 10.8 Å². The summed E-state index contributed by atoms with van der Waals surface area (Å²) in [7, 11) is 1.63. The molecule has 0 bridgehead atoms. The number of hydrogen-bond acceptors (Lipinski definition) is 7. The second-order valence-electron chi connectivity index (χ2n) is 5.38. The van der Waals surface area contributed by atoms with Gasteiger partial charge in [-0.05, 0) is 48.9 Å². The lowest BCUT2D eigenvalue weighted by atomic mass is 10.1. The van der Waals surface area contributed by atoms with Crippen molar-refractivity contribution in [2.45, 2.75) is 6.92 Å². The van der Waals surface area contributed by atoms with Gasteiger partial charge in [0, 0.05) is 23.1 Å². The molecule has 0 aliphatic rings. The number of hydrazone groups is 1. The Morgan fingerprint density at radius 2 is 1.88 bits per heavy atom. The number of nitrogens with one attached hydrogen (secondary N) is 1. The molecular formula is C18H16N4O3S. The number of methoxy groups -OCH3 is 1. The monoisotopic (exact) mass is 368 g/mol. The van der Waals surface area contributed by atoms with Crippen LogP contribution in [0.5, 0.6) is 5.75 Å². The summed E-state index contributed by atoms with van der Waals surface area (Å²) in [5.74, 6) is 0.797. The molecule has 0 radical (unpaired) electrons. The molecule has 0 atom stereocenters. The molecule has 3 aromatic rings. The molecule has 0 saturated heterocycles. The number of nitro groups is 1. The van der Waals surface area contributed by atoms with Gasteiger partial charge in [0.05, 0.1) is 23.4 Å². The van der Waals surface area contributed by atoms with Crippen LogP contribution in [0.25, 0.3) is 11.3 Å². The Kier molecular flexibility index (Phi) is 5.23. The zero-order valence-electron chi connectivity index (χ0n) is 14.2. The van der Waals surface area contributed by atoms with Crippen molar-refractivity contribution in [1.29, 1.82) is 0 Å². The number of rotatable bonds is 6. The third-order valence-electron chi connectivity index (χ3n) is 3.71. The minimum absolute atomic E-state index is 0.0542. The quantitative estimate of drug-likeness (QED) is 0.391. The van der Waals surface area contributed by atoms with Crippen LogP contribution < -0.4 is 10.2 Å². The molecule has 26 heavy (non-hydrogen) atoms. The average Bonchev–Trinajstić information content (AvgIpc) is 3.15. The van der Waals surface area contributed by atoms with E-state index in [9.17, 15) is 10.1 Å². The SMILES string of the molecule is COc1ccc(-c2csc(N/N=C(\C)c3ccc([N+](=O)[O-])cc3)n2)cc1. The topological polar surface area (TPSA) is 89.6 Å². The average molecular weight is 368 g/mol. The highest BCUT2D eigenvalue weighted by atomic mass is 32.1. The minimum atomic E-state index is -0.426. The van der Waals surface area contributed by atoms with E-state index in [1.54, 1.807) is 19.2 Å². The lowest BCUT2D eigenvalue weighted by Crippen LogP contribution is -2.00. The number of nitrogens with zero attached hydrogens (tertiary/aromatic N) is 3. The number of ether oxygens (including phenoxy) is 1. The molecule has 2 aromatic carbocycles. The minimum Gasteiger partial charge on any atom is -0.497 e. The van der Waals surface area contributed by atoms with Gasteiger partial charge in [0.2, 0.25) is 5.13 Å². The number of nitro benzene ring substituents is 1. The molecule has 0 saturated carbocycles. The third-order valence-corrected chi connectivity index (χ3v) is 4.45. The fourth-order valence-corrected chi connectivity index (χ4v) is 2.90. The molecule has 7 nitrogen and oxygen atoms in total. The number of anilines is 1. The summed E-state index contributed by atoms with van der Waals surface area (Å²) in [6.45, 7) is 1.83. The van der Waals surface area contributed by atoms with E-state index in [0.717, 1.165) is 22.6 Å². The maximum absolute atomic E-state index is 10.7. The first kappa shape index (κ1) is 17.6. The van der Waals surface area contributed by atoms with E-state index in [4.69, 9.17) is 4.74 Å². The molecule has 0 aliphatic carbocycles. The summed E-state index contributed by atoms with van der Waals surface area (Å²) >= 11 is 1.45. The summed E-state index contributed by atoms with van der Waals surface area (Å²) in [6.07, 6.45) is 0. The first-order chi connectivity index (χ1) is 12.6. The van der Waals surface area contributed by atoms with Gasteiger partial charge in [-0.1, -0.05) is 0 Å². The molecular weight excluding hydrogens is 352 g/mol. The molecule has 0 unspecified atom stereocenters. The highest BCUT2D eigenvalue weighted by Gasteiger charge is 2.07. The van der Waals surface area contributed by atoms with Crippen LogP contribution in [0.1, 0.15) is 12.5 Å². The van der Waals surface area contributed by atoms with Crippen molar-refractivity contribution < 1.29 is 9.66 Å². The van der Waals surface area contributed by atoms with Gasteiger partial charge in [0.1, 0.15) is 5.75 Å². The van der Waals surface area contributed by atoms with Crippen molar-refractivity contribution in [2.75, 3.05) is 12.5 Å². The molecule has 3 rings (SSSR count). The molecule has 8 heteroatoms. The Balaban J connectivity index is 1.69. The van der Waals surface area contributed by atoms with Crippen molar-refractivity contribution in [1.82, 2.24) is 4.98 Å².